The van der Waals surface area contributed by atoms with Gasteiger partial charge in [0.05, 0.1) is 0 Å². The van der Waals surface area contributed by atoms with Crippen LogP contribution in [0, 0.1) is 0 Å². The zero-order valence-corrected chi connectivity index (χ0v) is 7.39. The van der Waals surface area contributed by atoms with Crippen LogP contribution in [0.5, 0.6) is 0 Å². The van der Waals surface area contributed by atoms with Crippen molar-refractivity contribution in [1.82, 2.24) is 0 Å². The third-order valence-corrected chi connectivity index (χ3v) is 2.20. The van der Waals surface area contributed by atoms with Crippen LogP contribution in [0.2, 0.25) is 0 Å². The summed E-state index contributed by atoms with van der Waals surface area (Å²) in [6.45, 7) is 3.57. The minimum absolute atomic E-state index is 0.137. The zero-order chi connectivity index (χ0) is 9.14. The number of rotatable bonds is 1. The lowest BCUT2D eigenvalue weighted by Crippen LogP contribution is -2.08. The normalized spacial score (nSPS) is 21.8. The van der Waals surface area contributed by atoms with E-state index < -0.39 is 0 Å². The molecule has 1 aliphatic carbocycles. The second kappa shape index (κ2) is 3.48. The number of allylic oxidation sites excluding steroid dienone is 4. The highest BCUT2D eigenvalue weighted by atomic mass is 16.1. The topological polar surface area (TPSA) is 34.1 Å². The lowest BCUT2D eigenvalue weighted by molar-refractivity contribution is -0.115. The van der Waals surface area contributed by atoms with Crippen LogP contribution in [0.15, 0.2) is 22.8 Å². The van der Waals surface area contributed by atoms with Crippen LogP contribution in [-0.2, 0) is 9.59 Å². The number of aldehydes is 1. The van der Waals surface area contributed by atoms with Gasteiger partial charge >= 0.3 is 0 Å². The Hall–Kier alpha value is -1.18. The largest absolute Gasteiger partial charge is 0.298 e. The molecule has 0 atom stereocenters. The lowest BCUT2D eigenvalue weighted by Gasteiger charge is -2.12. The minimum Gasteiger partial charge on any atom is -0.298 e. The van der Waals surface area contributed by atoms with E-state index in [1.165, 1.54) is 0 Å². The monoisotopic (exact) mass is 164 g/mol. The summed E-state index contributed by atoms with van der Waals surface area (Å²) in [5.41, 5.74) is 2.48. The molecule has 0 aromatic rings. The Kier molecular flexibility index (Phi) is 2.58. The summed E-state index contributed by atoms with van der Waals surface area (Å²) < 4.78 is 0. The quantitative estimate of drug-likeness (QED) is 0.437. The summed E-state index contributed by atoms with van der Waals surface area (Å²) in [7, 11) is 0. The van der Waals surface area contributed by atoms with Crippen molar-refractivity contribution in [2.75, 3.05) is 0 Å². The number of hydrogen-bond donors (Lipinski definition) is 0. The van der Waals surface area contributed by atoms with Crippen LogP contribution >= 0.6 is 0 Å². The molecule has 0 aromatic carbocycles. The molecule has 0 spiro atoms. The van der Waals surface area contributed by atoms with Gasteiger partial charge in [-0.25, -0.2) is 0 Å². The summed E-state index contributed by atoms with van der Waals surface area (Å²) in [6.07, 6.45) is 3.88. The SMILES string of the molecule is CC1=CCC(=C(C)C=O)CC1=O. The maximum absolute atomic E-state index is 11.2. The van der Waals surface area contributed by atoms with Gasteiger partial charge in [0.25, 0.3) is 0 Å². The van der Waals surface area contributed by atoms with Gasteiger partial charge in [0.1, 0.15) is 6.29 Å². The van der Waals surface area contributed by atoms with E-state index in [2.05, 4.69) is 0 Å². The van der Waals surface area contributed by atoms with Crippen molar-refractivity contribution < 1.29 is 9.59 Å². The third-order valence-electron chi connectivity index (χ3n) is 2.20. The van der Waals surface area contributed by atoms with E-state index in [-0.39, 0.29) is 5.78 Å². The molecule has 2 nitrogen and oxygen atoms in total. The van der Waals surface area contributed by atoms with E-state index in [0.717, 1.165) is 23.9 Å². The van der Waals surface area contributed by atoms with E-state index in [4.69, 9.17) is 0 Å². The average Bonchev–Trinajstić information content (AvgIpc) is 2.08. The number of Topliss-reactive ketones (excluding diaryl/α,β-unsaturated/α-hetero) is 1. The van der Waals surface area contributed by atoms with Crippen molar-refractivity contribution in [2.24, 2.45) is 0 Å². The maximum atomic E-state index is 11.2. The van der Waals surface area contributed by atoms with Gasteiger partial charge in [0, 0.05) is 6.42 Å². The van der Waals surface area contributed by atoms with Gasteiger partial charge in [0.15, 0.2) is 5.78 Å². The Morgan fingerprint density at radius 3 is 2.75 bits per heavy atom. The summed E-state index contributed by atoms with van der Waals surface area (Å²) in [5, 5.41) is 0. The van der Waals surface area contributed by atoms with Gasteiger partial charge in [-0.15, -0.1) is 0 Å². The number of ketones is 1. The molecule has 0 bridgehead atoms. The van der Waals surface area contributed by atoms with Gasteiger partial charge in [0.2, 0.25) is 0 Å². The van der Waals surface area contributed by atoms with Gasteiger partial charge in [-0.3, -0.25) is 9.59 Å². The van der Waals surface area contributed by atoms with Crippen molar-refractivity contribution in [2.45, 2.75) is 26.7 Å². The Labute approximate surface area is 72.0 Å². The average molecular weight is 164 g/mol. The van der Waals surface area contributed by atoms with Crippen LogP contribution in [0.1, 0.15) is 26.7 Å². The first-order valence-corrected chi connectivity index (χ1v) is 3.99. The molecule has 0 fully saturated rings. The number of carbonyl (C=O) groups is 2. The van der Waals surface area contributed by atoms with E-state index >= 15 is 0 Å². The third kappa shape index (κ3) is 1.70. The second-order valence-electron chi connectivity index (χ2n) is 3.10. The molecule has 0 unspecified atom stereocenters. The number of hydrogen-bond acceptors (Lipinski definition) is 2. The van der Waals surface area contributed by atoms with Crippen molar-refractivity contribution in [3.05, 3.63) is 22.8 Å². The van der Waals surface area contributed by atoms with Crippen molar-refractivity contribution in [1.29, 1.82) is 0 Å². The van der Waals surface area contributed by atoms with Crippen LogP contribution < -0.4 is 0 Å². The van der Waals surface area contributed by atoms with Crippen LogP contribution in [0.3, 0.4) is 0 Å². The predicted octanol–water partition coefficient (Wildman–Crippen LogP) is 1.81. The van der Waals surface area contributed by atoms with E-state index in [0.29, 0.717) is 12.0 Å². The Balaban J connectivity index is 2.91. The fourth-order valence-electron chi connectivity index (χ4n) is 1.18. The van der Waals surface area contributed by atoms with Crippen LogP contribution in [0.25, 0.3) is 0 Å². The van der Waals surface area contributed by atoms with Crippen LogP contribution in [-0.4, -0.2) is 12.1 Å². The smallest absolute Gasteiger partial charge is 0.162 e. The highest BCUT2D eigenvalue weighted by Crippen LogP contribution is 2.21. The Morgan fingerprint density at radius 1 is 1.58 bits per heavy atom. The molecule has 64 valence electrons. The summed E-state index contributed by atoms with van der Waals surface area (Å²) in [5.74, 6) is 0.137. The molecule has 0 aliphatic heterocycles. The van der Waals surface area contributed by atoms with Crippen molar-refractivity contribution >= 4 is 12.1 Å². The maximum Gasteiger partial charge on any atom is 0.162 e. The van der Waals surface area contributed by atoms with E-state index in [9.17, 15) is 9.59 Å². The Morgan fingerprint density at radius 2 is 2.25 bits per heavy atom. The first-order chi connectivity index (χ1) is 5.65. The molecule has 12 heavy (non-hydrogen) atoms. The van der Waals surface area contributed by atoms with Gasteiger partial charge in [-0.05, 0) is 31.4 Å². The molecule has 0 N–H and O–H groups in total. The molecular formula is C10H12O2. The minimum atomic E-state index is 0.137. The lowest BCUT2D eigenvalue weighted by atomic mass is 9.92. The fraction of sp³-hybridized carbons (Fsp3) is 0.400. The van der Waals surface area contributed by atoms with E-state index in [1.54, 1.807) is 6.92 Å². The Bertz CT molecular complexity index is 282. The van der Waals surface area contributed by atoms with Crippen molar-refractivity contribution in [3.8, 4) is 0 Å². The highest BCUT2D eigenvalue weighted by molar-refractivity contribution is 5.98. The molecular weight excluding hydrogens is 152 g/mol. The molecule has 0 radical (unpaired) electrons. The molecule has 0 saturated heterocycles. The molecule has 0 amide bonds. The molecule has 0 heterocycles. The molecule has 0 saturated carbocycles. The summed E-state index contributed by atoms with van der Waals surface area (Å²) >= 11 is 0. The standard InChI is InChI=1S/C10H12O2/c1-7-3-4-9(5-10(7)12)8(2)6-11/h3,6H,4-5H2,1-2H3. The van der Waals surface area contributed by atoms with Crippen LogP contribution in [0.4, 0.5) is 0 Å². The molecule has 1 rings (SSSR count). The van der Waals surface area contributed by atoms with Gasteiger partial charge in [-0.2, -0.15) is 0 Å². The van der Waals surface area contributed by atoms with E-state index in [1.807, 2.05) is 13.0 Å². The molecule has 0 aromatic heterocycles. The van der Waals surface area contributed by atoms with Gasteiger partial charge < -0.3 is 0 Å². The second-order valence-corrected chi connectivity index (χ2v) is 3.10. The first kappa shape index (κ1) is 8.91. The predicted molar refractivity (Wildman–Crippen MR) is 46.8 cm³/mol. The van der Waals surface area contributed by atoms with Crippen molar-refractivity contribution in [3.63, 3.8) is 0 Å². The zero-order valence-electron chi connectivity index (χ0n) is 7.39. The first-order valence-electron chi connectivity index (χ1n) is 3.99. The molecule has 1 aliphatic rings. The highest BCUT2D eigenvalue weighted by Gasteiger charge is 2.14. The molecule has 2 heteroatoms. The van der Waals surface area contributed by atoms with Gasteiger partial charge in [-0.1, -0.05) is 11.6 Å². The number of carbonyl (C=O) groups excluding carboxylic acids is 2. The summed E-state index contributed by atoms with van der Waals surface area (Å²) in [6, 6.07) is 0. The fourth-order valence-corrected chi connectivity index (χ4v) is 1.18. The summed E-state index contributed by atoms with van der Waals surface area (Å²) in [4.78, 5) is 21.6.